The molecule has 0 radical (unpaired) electrons. The van der Waals surface area contributed by atoms with Crippen molar-refractivity contribution in [1.82, 2.24) is 0 Å². The summed E-state index contributed by atoms with van der Waals surface area (Å²) in [5.41, 5.74) is 0.747. The highest BCUT2D eigenvalue weighted by molar-refractivity contribution is 5.10. The van der Waals surface area contributed by atoms with Gasteiger partial charge in [0.2, 0.25) is 0 Å². The Bertz CT molecular complexity index is 605. The minimum Gasteiger partial charge on any atom is -0.393 e. The average Bonchev–Trinajstić information content (AvgIpc) is 3.04. The molecule has 4 aliphatic carbocycles. The van der Waals surface area contributed by atoms with Gasteiger partial charge in [0, 0.05) is 0 Å². The monoisotopic (exact) mass is 420 g/mol. The van der Waals surface area contributed by atoms with E-state index in [1.54, 1.807) is 0 Å². The zero-order chi connectivity index (χ0) is 21.8. The Morgan fingerprint density at radius 1 is 0.833 bits per heavy atom. The van der Waals surface area contributed by atoms with Gasteiger partial charge in [-0.15, -0.1) is 0 Å². The lowest BCUT2D eigenvalue weighted by molar-refractivity contribution is -0.135. The second-order valence-electron chi connectivity index (χ2n) is 12.9. The van der Waals surface area contributed by atoms with Crippen molar-refractivity contribution in [1.29, 1.82) is 0 Å². The normalized spacial score (nSPS) is 49.1. The molecular formula is C27H48O3. The van der Waals surface area contributed by atoms with Gasteiger partial charge < -0.3 is 15.3 Å². The highest BCUT2D eigenvalue weighted by atomic mass is 16.3. The van der Waals surface area contributed by atoms with Gasteiger partial charge in [-0.1, -0.05) is 34.6 Å². The molecule has 3 N–H and O–H groups in total. The van der Waals surface area contributed by atoms with Gasteiger partial charge in [-0.05, 0) is 116 Å². The maximum atomic E-state index is 11.0. The van der Waals surface area contributed by atoms with Crippen molar-refractivity contribution >= 4 is 0 Å². The molecule has 3 heteroatoms. The maximum absolute atomic E-state index is 11.0. The SMILES string of the molecule is CC(C)CC(O)C(O)C(C)C1CCC2C3CCC4CC(O)CCC4(C)C3CCC12C. The molecule has 4 rings (SSSR count). The molecule has 11 atom stereocenters. The first kappa shape index (κ1) is 23.1. The first-order valence-corrected chi connectivity index (χ1v) is 13.1. The lowest BCUT2D eigenvalue weighted by atomic mass is 9.44. The second kappa shape index (κ2) is 8.34. The third-order valence-electron chi connectivity index (χ3n) is 11.0. The number of fused-ring (bicyclic) bond motifs is 5. The van der Waals surface area contributed by atoms with Crippen LogP contribution in [0.3, 0.4) is 0 Å². The van der Waals surface area contributed by atoms with Crippen LogP contribution in [0, 0.1) is 52.3 Å². The fourth-order valence-electron chi connectivity index (χ4n) is 9.35. The summed E-state index contributed by atoms with van der Waals surface area (Å²) in [6, 6.07) is 0. The Balaban J connectivity index is 1.50. The van der Waals surface area contributed by atoms with Crippen LogP contribution in [0.1, 0.15) is 98.8 Å². The summed E-state index contributed by atoms with van der Waals surface area (Å²) < 4.78 is 0. The Morgan fingerprint density at radius 2 is 1.50 bits per heavy atom. The summed E-state index contributed by atoms with van der Waals surface area (Å²) in [4.78, 5) is 0. The van der Waals surface area contributed by atoms with Crippen molar-refractivity contribution in [3.8, 4) is 0 Å². The number of aliphatic hydroxyl groups is 3. The van der Waals surface area contributed by atoms with E-state index in [0.717, 1.165) is 36.5 Å². The molecular weight excluding hydrogens is 372 g/mol. The summed E-state index contributed by atoms with van der Waals surface area (Å²) in [6.45, 7) is 11.5. The van der Waals surface area contributed by atoms with Crippen LogP contribution in [0.25, 0.3) is 0 Å². The van der Waals surface area contributed by atoms with Crippen LogP contribution < -0.4 is 0 Å². The molecule has 0 aliphatic heterocycles. The fraction of sp³-hybridized carbons (Fsp3) is 1.00. The summed E-state index contributed by atoms with van der Waals surface area (Å²) in [7, 11) is 0. The van der Waals surface area contributed by atoms with Crippen molar-refractivity contribution in [2.24, 2.45) is 52.3 Å². The molecule has 3 nitrogen and oxygen atoms in total. The topological polar surface area (TPSA) is 60.7 Å². The van der Waals surface area contributed by atoms with Crippen molar-refractivity contribution in [3.05, 3.63) is 0 Å². The van der Waals surface area contributed by atoms with Crippen LogP contribution in [0.15, 0.2) is 0 Å². The van der Waals surface area contributed by atoms with E-state index < -0.39 is 12.2 Å². The van der Waals surface area contributed by atoms with Crippen LogP contribution >= 0.6 is 0 Å². The average molecular weight is 421 g/mol. The lowest BCUT2D eigenvalue weighted by Gasteiger charge is -2.61. The van der Waals surface area contributed by atoms with Gasteiger partial charge in [-0.25, -0.2) is 0 Å². The molecule has 0 aromatic heterocycles. The molecule has 4 fully saturated rings. The predicted octanol–water partition coefficient (Wildman–Crippen LogP) is 5.41. The standard InChI is InChI=1S/C27H48O3/c1-16(2)14-24(29)25(30)17(3)21-8-9-22-20-7-6-18-15-19(28)10-12-26(18,4)23(20)11-13-27(21,22)5/h16-25,28-30H,6-15H2,1-5H3. The summed E-state index contributed by atoms with van der Waals surface area (Å²) >= 11 is 0. The van der Waals surface area contributed by atoms with Crippen LogP contribution in [0.2, 0.25) is 0 Å². The number of aliphatic hydroxyl groups excluding tert-OH is 3. The molecule has 30 heavy (non-hydrogen) atoms. The molecule has 0 aromatic carbocycles. The zero-order valence-corrected chi connectivity index (χ0v) is 20.2. The van der Waals surface area contributed by atoms with Gasteiger partial charge in [0.05, 0.1) is 18.3 Å². The van der Waals surface area contributed by atoms with E-state index >= 15 is 0 Å². The molecule has 11 unspecified atom stereocenters. The quantitative estimate of drug-likeness (QED) is 0.557. The molecule has 0 spiro atoms. The van der Waals surface area contributed by atoms with E-state index in [1.807, 2.05) is 0 Å². The van der Waals surface area contributed by atoms with Gasteiger partial charge in [0.15, 0.2) is 0 Å². The molecule has 0 aromatic rings. The minimum absolute atomic E-state index is 0.0658. The third kappa shape index (κ3) is 3.69. The van der Waals surface area contributed by atoms with Gasteiger partial charge in [-0.2, -0.15) is 0 Å². The van der Waals surface area contributed by atoms with Crippen molar-refractivity contribution in [2.45, 2.75) is 117 Å². The summed E-state index contributed by atoms with van der Waals surface area (Å²) in [5.74, 6) is 4.26. The van der Waals surface area contributed by atoms with Gasteiger partial charge >= 0.3 is 0 Å². The number of hydrogen-bond donors (Lipinski definition) is 3. The maximum Gasteiger partial charge on any atom is 0.0827 e. The molecule has 4 saturated carbocycles. The Labute approximate surface area is 185 Å². The Hall–Kier alpha value is -0.120. The number of rotatable bonds is 5. The van der Waals surface area contributed by atoms with Crippen LogP contribution in [-0.2, 0) is 0 Å². The Kier molecular flexibility index (Phi) is 6.41. The van der Waals surface area contributed by atoms with Crippen LogP contribution in [-0.4, -0.2) is 33.6 Å². The van der Waals surface area contributed by atoms with E-state index in [1.165, 1.54) is 44.9 Å². The van der Waals surface area contributed by atoms with E-state index in [9.17, 15) is 15.3 Å². The summed E-state index contributed by atoms with van der Waals surface area (Å²) in [5, 5.41) is 31.8. The minimum atomic E-state index is -0.598. The van der Waals surface area contributed by atoms with E-state index in [-0.39, 0.29) is 12.0 Å². The van der Waals surface area contributed by atoms with E-state index in [4.69, 9.17) is 0 Å². The largest absolute Gasteiger partial charge is 0.393 e. The fourth-order valence-corrected chi connectivity index (χ4v) is 9.35. The van der Waals surface area contributed by atoms with Gasteiger partial charge in [-0.3, -0.25) is 0 Å². The van der Waals surface area contributed by atoms with Crippen LogP contribution in [0.5, 0.6) is 0 Å². The molecule has 0 amide bonds. The van der Waals surface area contributed by atoms with Crippen LogP contribution in [0.4, 0.5) is 0 Å². The van der Waals surface area contributed by atoms with E-state index in [2.05, 4.69) is 34.6 Å². The molecule has 4 aliphatic rings. The molecule has 0 heterocycles. The number of hydrogen-bond acceptors (Lipinski definition) is 3. The van der Waals surface area contributed by atoms with Crippen molar-refractivity contribution in [2.75, 3.05) is 0 Å². The summed E-state index contributed by atoms with van der Waals surface area (Å²) in [6.07, 6.45) is 10.5. The van der Waals surface area contributed by atoms with Crippen molar-refractivity contribution in [3.63, 3.8) is 0 Å². The molecule has 0 saturated heterocycles. The second-order valence-corrected chi connectivity index (χ2v) is 12.9. The van der Waals surface area contributed by atoms with E-state index in [0.29, 0.717) is 29.1 Å². The van der Waals surface area contributed by atoms with Crippen molar-refractivity contribution < 1.29 is 15.3 Å². The highest BCUT2D eigenvalue weighted by Crippen LogP contribution is 2.68. The smallest absolute Gasteiger partial charge is 0.0827 e. The zero-order valence-electron chi connectivity index (χ0n) is 20.2. The highest BCUT2D eigenvalue weighted by Gasteiger charge is 2.61. The molecule has 0 bridgehead atoms. The lowest BCUT2D eigenvalue weighted by Crippen LogP contribution is -2.54. The predicted molar refractivity (Wildman–Crippen MR) is 122 cm³/mol. The molecule has 174 valence electrons. The van der Waals surface area contributed by atoms with Gasteiger partial charge in [0.1, 0.15) is 0 Å². The third-order valence-corrected chi connectivity index (χ3v) is 11.0. The first-order chi connectivity index (χ1) is 14.1. The Morgan fingerprint density at radius 3 is 2.20 bits per heavy atom. The first-order valence-electron chi connectivity index (χ1n) is 13.1. The van der Waals surface area contributed by atoms with Gasteiger partial charge in [0.25, 0.3) is 0 Å².